The third-order valence-electron chi connectivity index (χ3n) is 3.84. The number of hydrogen-bond acceptors (Lipinski definition) is 4. The van der Waals surface area contributed by atoms with Crippen molar-refractivity contribution in [1.82, 2.24) is 0 Å². The fourth-order valence-electron chi connectivity index (χ4n) is 2.26. The summed E-state index contributed by atoms with van der Waals surface area (Å²) in [5.74, 6) is 0. The molecule has 5 heteroatoms. The molecule has 0 atom stereocenters. The van der Waals surface area contributed by atoms with Gasteiger partial charge in [0.25, 0.3) is 5.69 Å². The van der Waals surface area contributed by atoms with Gasteiger partial charge in [-0.1, -0.05) is 13.0 Å². The van der Waals surface area contributed by atoms with Crippen LogP contribution in [0.25, 0.3) is 0 Å². The predicted molar refractivity (Wildman–Crippen MR) is 74.5 cm³/mol. The Labute approximate surface area is 113 Å². The van der Waals surface area contributed by atoms with Crippen molar-refractivity contribution < 1.29 is 9.66 Å². The zero-order valence-electron chi connectivity index (χ0n) is 11.4. The standard InChI is InChI=1S/C14H20N2O3/c1-11-3-4-12(16(17)18)9-13(11)15-10-14(2)5-7-19-8-6-14/h3-4,9,15H,5-8,10H2,1-2H3. The fourth-order valence-corrected chi connectivity index (χ4v) is 2.26. The summed E-state index contributed by atoms with van der Waals surface area (Å²) in [5, 5.41) is 14.2. The first-order valence-corrected chi connectivity index (χ1v) is 6.57. The van der Waals surface area contributed by atoms with Gasteiger partial charge >= 0.3 is 0 Å². The summed E-state index contributed by atoms with van der Waals surface area (Å²) < 4.78 is 5.37. The largest absolute Gasteiger partial charge is 0.384 e. The summed E-state index contributed by atoms with van der Waals surface area (Å²) in [6.07, 6.45) is 2.04. The van der Waals surface area contributed by atoms with Crippen molar-refractivity contribution in [3.63, 3.8) is 0 Å². The molecule has 0 spiro atoms. The Morgan fingerprint density at radius 3 is 2.74 bits per heavy atom. The number of anilines is 1. The Balaban J connectivity index is 2.06. The number of nitro benzene ring substituents is 1. The van der Waals surface area contributed by atoms with Crippen LogP contribution in [-0.2, 0) is 4.74 Å². The maximum Gasteiger partial charge on any atom is 0.271 e. The van der Waals surface area contributed by atoms with Crippen LogP contribution in [0.2, 0.25) is 0 Å². The number of nitro groups is 1. The molecule has 0 aromatic heterocycles. The fraction of sp³-hybridized carbons (Fsp3) is 0.571. The minimum Gasteiger partial charge on any atom is -0.384 e. The van der Waals surface area contributed by atoms with E-state index in [1.165, 1.54) is 6.07 Å². The van der Waals surface area contributed by atoms with Crippen LogP contribution in [0.15, 0.2) is 18.2 Å². The van der Waals surface area contributed by atoms with Crippen LogP contribution in [-0.4, -0.2) is 24.7 Å². The van der Waals surface area contributed by atoms with Gasteiger partial charge in [-0.25, -0.2) is 0 Å². The molecule has 1 aromatic rings. The van der Waals surface area contributed by atoms with E-state index < -0.39 is 0 Å². The van der Waals surface area contributed by atoms with Gasteiger partial charge in [0.15, 0.2) is 0 Å². The van der Waals surface area contributed by atoms with E-state index in [2.05, 4.69) is 12.2 Å². The third kappa shape index (κ3) is 3.44. The molecule has 0 unspecified atom stereocenters. The van der Waals surface area contributed by atoms with Gasteiger partial charge < -0.3 is 10.1 Å². The number of rotatable bonds is 4. The van der Waals surface area contributed by atoms with Crippen LogP contribution in [0.4, 0.5) is 11.4 Å². The highest BCUT2D eigenvalue weighted by Gasteiger charge is 2.27. The third-order valence-corrected chi connectivity index (χ3v) is 3.84. The minimum atomic E-state index is -0.360. The van der Waals surface area contributed by atoms with Gasteiger partial charge in [-0.3, -0.25) is 10.1 Å². The molecule has 1 fully saturated rings. The van der Waals surface area contributed by atoms with Gasteiger partial charge in [0.2, 0.25) is 0 Å². The number of aryl methyl sites for hydroxylation is 1. The second-order valence-electron chi connectivity index (χ2n) is 5.53. The summed E-state index contributed by atoms with van der Waals surface area (Å²) in [6, 6.07) is 4.93. The lowest BCUT2D eigenvalue weighted by atomic mass is 9.82. The Morgan fingerprint density at radius 2 is 2.11 bits per heavy atom. The van der Waals surface area contributed by atoms with Gasteiger partial charge in [0.1, 0.15) is 0 Å². The minimum absolute atomic E-state index is 0.130. The second kappa shape index (κ2) is 5.57. The quantitative estimate of drug-likeness (QED) is 0.670. The van der Waals surface area contributed by atoms with E-state index in [-0.39, 0.29) is 16.0 Å². The zero-order chi connectivity index (χ0) is 13.9. The summed E-state index contributed by atoms with van der Waals surface area (Å²) in [5.41, 5.74) is 2.21. The topological polar surface area (TPSA) is 64.4 Å². The molecule has 1 aliphatic heterocycles. The molecule has 0 bridgehead atoms. The number of nitrogens with zero attached hydrogens (tertiary/aromatic N) is 1. The monoisotopic (exact) mass is 264 g/mol. The normalized spacial score (nSPS) is 18.0. The van der Waals surface area contributed by atoms with E-state index in [4.69, 9.17) is 4.74 Å². The van der Waals surface area contributed by atoms with Crippen LogP contribution < -0.4 is 5.32 Å². The van der Waals surface area contributed by atoms with Gasteiger partial charge in [0.05, 0.1) is 4.92 Å². The molecule has 0 aliphatic carbocycles. The van der Waals surface area contributed by atoms with Crippen molar-refractivity contribution in [2.75, 3.05) is 25.1 Å². The molecule has 1 saturated heterocycles. The summed E-state index contributed by atoms with van der Waals surface area (Å²) >= 11 is 0. The first-order valence-electron chi connectivity index (χ1n) is 6.57. The van der Waals surface area contributed by atoms with Crippen molar-refractivity contribution in [3.8, 4) is 0 Å². The molecule has 1 N–H and O–H groups in total. The molecule has 1 aromatic carbocycles. The van der Waals surface area contributed by atoms with Gasteiger partial charge in [-0.15, -0.1) is 0 Å². The van der Waals surface area contributed by atoms with Crippen molar-refractivity contribution >= 4 is 11.4 Å². The first-order chi connectivity index (χ1) is 9.00. The van der Waals surface area contributed by atoms with Crippen LogP contribution >= 0.6 is 0 Å². The van der Waals surface area contributed by atoms with Crippen molar-refractivity contribution in [1.29, 1.82) is 0 Å². The summed E-state index contributed by atoms with van der Waals surface area (Å²) in [6.45, 7) is 6.60. The summed E-state index contributed by atoms with van der Waals surface area (Å²) in [4.78, 5) is 10.4. The highest BCUT2D eigenvalue weighted by molar-refractivity contribution is 5.56. The molecular weight excluding hydrogens is 244 g/mol. The highest BCUT2D eigenvalue weighted by Crippen LogP contribution is 2.31. The molecule has 0 radical (unpaired) electrons. The van der Waals surface area contributed by atoms with E-state index in [9.17, 15) is 10.1 Å². The van der Waals surface area contributed by atoms with Crippen LogP contribution in [0.5, 0.6) is 0 Å². The van der Waals surface area contributed by atoms with Crippen LogP contribution in [0, 0.1) is 22.5 Å². The molecular formula is C14H20N2O3. The SMILES string of the molecule is Cc1ccc([N+](=O)[O-])cc1NCC1(C)CCOCC1. The van der Waals surface area contributed by atoms with E-state index in [1.54, 1.807) is 12.1 Å². The average Bonchev–Trinajstić information content (AvgIpc) is 2.38. The van der Waals surface area contributed by atoms with E-state index in [0.717, 1.165) is 43.9 Å². The molecule has 1 aliphatic rings. The molecule has 5 nitrogen and oxygen atoms in total. The Morgan fingerprint density at radius 1 is 1.42 bits per heavy atom. The van der Waals surface area contributed by atoms with Crippen molar-refractivity contribution in [2.45, 2.75) is 26.7 Å². The Kier molecular flexibility index (Phi) is 4.04. The van der Waals surface area contributed by atoms with E-state index in [1.807, 2.05) is 6.92 Å². The van der Waals surface area contributed by atoms with Gasteiger partial charge in [-0.05, 0) is 30.7 Å². The number of hydrogen-bond donors (Lipinski definition) is 1. The maximum atomic E-state index is 10.8. The second-order valence-corrected chi connectivity index (χ2v) is 5.53. The molecule has 104 valence electrons. The smallest absolute Gasteiger partial charge is 0.271 e. The lowest BCUT2D eigenvalue weighted by Gasteiger charge is -2.34. The number of non-ortho nitro benzene ring substituents is 1. The Hall–Kier alpha value is -1.62. The van der Waals surface area contributed by atoms with Crippen LogP contribution in [0.3, 0.4) is 0 Å². The lowest BCUT2D eigenvalue weighted by Crippen LogP contribution is -2.33. The molecule has 1 heterocycles. The number of benzene rings is 1. The van der Waals surface area contributed by atoms with Gasteiger partial charge in [0, 0.05) is 37.6 Å². The summed E-state index contributed by atoms with van der Waals surface area (Å²) in [7, 11) is 0. The molecule has 19 heavy (non-hydrogen) atoms. The molecule has 2 rings (SSSR count). The zero-order valence-corrected chi connectivity index (χ0v) is 11.4. The first kappa shape index (κ1) is 13.8. The maximum absolute atomic E-state index is 10.8. The van der Waals surface area contributed by atoms with E-state index in [0.29, 0.717) is 0 Å². The average molecular weight is 264 g/mol. The number of ether oxygens (including phenoxy) is 1. The molecule has 0 amide bonds. The van der Waals surface area contributed by atoms with Gasteiger partial charge in [-0.2, -0.15) is 0 Å². The van der Waals surface area contributed by atoms with E-state index >= 15 is 0 Å². The highest BCUT2D eigenvalue weighted by atomic mass is 16.6. The Bertz CT molecular complexity index is 468. The molecule has 0 saturated carbocycles. The predicted octanol–water partition coefficient (Wildman–Crippen LogP) is 3.13. The van der Waals surface area contributed by atoms with Crippen molar-refractivity contribution in [2.24, 2.45) is 5.41 Å². The lowest BCUT2D eigenvalue weighted by molar-refractivity contribution is -0.384. The van der Waals surface area contributed by atoms with Crippen LogP contribution in [0.1, 0.15) is 25.3 Å². The number of nitrogens with one attached hydrogen (secondary N) is 1. The van der Waals surface area contributed by atoms with Crippen molar-refractivity contribution in [3.05, 3.63) is 33.9 Å².